The largest absolute Gasteiger partial charge is 0.448 e. The Bertz CT molecular complexity index is 1260. The van der Waals surface area contributed by atoms with Crippen molar-refractivity contribution in [2.75, 3.05) is 6.61 Å². The van der Waals surface area contributed by atoms with Crippen LogP contribution in [-0.2, 0) is 4.74 Å². The maximum absolute atomic E-state index is 14.0. The summed E-state index contributed by atoms with van der Waals surface area (Å²) in [6.07, 6.45) is 5.44. The van der Waals surface area contributed by atoms with Crippen LogP contribution in [0.5, 0.6) is 0 Å². The fourth-order valence-corrected chi connectivity index (χ4v) is 6.01. The molecule has 1 saturated heterocycles. The molecular formula is C29H25ClFNO2. The van der Waals surface area contributed by atoms with Crippen molar-refractivity contribution < 1.29 is 13.9 Å². The molecule has 172 valence electrons. The van der Waals surface area contributed by atoms with Crippen molar-refractivity contribution in [1.82, 2.24) is 4.90 Å². The first-order valence-corrected chi connectivity index (χ1v) is 12.3. The number of hydrogen-bond acceptors (Lipinski definition) is 2. The molecule has 5 heteroatoms. The number of carbonyl (C=O) groups excluding carboxylic acids is 1. The third-order valence-electron chi connectivity index (χ3n) is 7.47. The van der Waals surface area contributed by atoms with E-state index in [-0.39, 0.29) is 29.1 Å². The van der Waals surface area contributed by atoms with E-state index in [0.29, 0.717) is 13.0 Å². The van der Waals surface area contributed by atoms with Gasteiger partial charge in [-0.2, -0.15) is 0 Å². The second-order valence-corrected chi connectivity index (χ2v) is 9.80. The van der Waals surface area contributed by atoms with Gasteiger partial charge >= 0.3 is 6.09 Å². The number of hydrogen-bond donors (Lipinski definition) is 0. The minimum Gasteiger partial charge on any atom is -0.448 e. The Hall–Kier alpha value is -3.11. The lowest BCUT2D eigenvalue weighted by atomic mass is 9.83. The normalized spacial score (nSPS) is 21.0. The zero-order chi connectivity index (χ0) is 23.2. The highest BCUT2D eigenvalue weighted by atomic mass is 35.5. The zero-order valence-electron chi connectivity index (χ0n) is 18.7. The molecule has 1 aliphatic carbocycles. The van der Waals surface area contributed by atoms with Gasteiger partial charge in [-0.05, 0) is 71.2 Å². The van der Waals surface area contributed by atoms with E-state index in [2.05, 4.69) is 42.5 Å². The highest BCUT2D eigenvalue weighted by Gasteiger charge is 2.39. The van der Waals surface area contributed by atoms with E-state index >= 15 is 0 Å². The number of carbonyl (C=O) groups is 1. The Morgan fingerprint density at radius 1 is 1.00 bits per heavy atom. The minimum absolute atomic E-state index is 0.0307. The highest BCUT2D eigenvalue weighted by molar-refractivity contribution is 6.30. The van der Waals surface area contributed by atoms with Crippen LogP contribution in [0.4, 0.5) is 9.18 Å². The van der Waals surface area contributed by atoms with Crippen molar-refractivity contribution in [3.05, 3.63) is 100 Å². The molecule has 1 amide bonds. The van der Waals surface area contributed by atoms with E-state index in [1.165, 1.54) is 28.3 Å². The molecule has 0 saturated carbocycles. The molecule has 0 radical (unpaired) electrons. The number of amides is 1. The molecule has 3 nitrogen and oxygen atoms in total. The quantitative estimate of drug-likeness (QED) is 0.395. The van der Waals surface area contributed by atoms with Crippen molar-refractivity contribution in [2.24, 2.45) is 0 Å². The SMILES string of the molecule is O=C(OCC1c2ccccc2-c2ccccc21)N1C2C=C(c3ccc(Cl)c(F)c3)CC1CCC2. The zero-order valence-corrected chi connectivity index (χ0v) is 19.5. The summed E-state index contributed by atoms with van der Waals surface area (Å²) in [5.41, 5.74) is 6.78. The molecule has 6 rings (SSSR count). The Morgan fingerprint density at radius 2 is 1.71 bits per heavy atom. The van der Waals surface area contributed by atoms with E-state index in [1.54, 1.807) is 6.07 Å². The van der Waals surface area contributed by atoms with Gasteiger partial charge in [-0.3, -0.25) is 4.90 Å². The maximum atomic E-state index is 14.0. The van der Waals surface area contributed by atoms with Gasteiger partial charge in [-0.1, -0.05) is 72.3 Å². The number of rotatable bonds is 3. The Kier molecular flexibility index (Phi) is 5.41. The van der Waals surface area contributed by atoms with Crippen molar-refractivity contribution >= 4 is 23.3 Å². The molecule has 2 heterocycles. The molecule has 2 atom stereocenters. The van der Waals surface area contributed by atoms with Gasteiger partial charge in [0.15, 0.2) is 0 Å². The molecule has 0 N–H and O–H groups in total. The van der Waals surface area contributed by atoms with Gasteiger partial charge in [0.05, 0.1) is 11.1 Å². The fraction of sp³-hybridized carbons (Fsp3) is 0.276. The monoisotopic (exact) mass is 473 g/mol. The lowest BCUT2D eigenvalue weighted by Crippen LogP contribution is -2.51. The predicted molar refractivity (Wildman–Crippen MR) is 132 cm³/mol. The van der Waals surface area contributed by atoms with Crippen LogP contribution in [0.15, 0.2) is 72.8 Å². The van der Waals surface area contributed by atoms with Gasteiger partial charge in [0.2, 0.25) is 0 Å². The van der Waals surface area contributed by atoms with Crippen LogP contribution >= 0.6 is 11.6 Å². The molecule has 3 aromatic rings. The molecule has 34 heavy (non-hydrogen) atoms. The van der Waals surface area contributed by atoms with Gasteiger partial charge in [-0.25, -0.2) is 9.18 Å². The number of nitrogens with zero attached hydrogens (tertiary/aromatic N) is 1. The molecule has 0 aromatic heterocycles. The molecule has 0 spiro atoms. The lowest BCUT2D eigenvalue weighted by molar-refractivity contribution is 0.0539. The van der Waals surface area contributed by atoms with Crippen molar-refractivity contribution in [2.45, 2.75) is 43.7 Å². The van der Waals surface area contributed by atoms with Crippen LogP contribution in [-0.4, -0.2) is 29.7 Å². The van der Waals surface area contributed by atoms with E-state index < -0.39 is 5.82 Å². The number of fused-ring (bicyclic) bond motifs is 5. The first-order chi connectivity index (χ1) is 16.6. The first-order valence-electron chi connectivity index (χ1n) is 11.9. The van der Waals surface area contributed by atoms with Crippen molar-refractivity contribution in [3.8, 4) is 11.1 Å². The second kappa shape index (κ2) is 8.59. The Labute approximate surface area is 203 Å². The summed E-state index contributed by atoms with van der Waals surface area (Å²) in [5, 5.41) is 0.126. The maximum Gasteiger partial charge on any atom is 0.410 e. The molecule has 2 bridgehead atoms. The van der Waals surface area contributed by atoms with E-state index in [1.807, 2.05) is 23.1 Å². The van der Waals surface area contributed by atoms with Crippen LogP contribution in [0, 0.1) is 5.82 Å². The summed E-state index contributed by atoms with van der Waals surface area (Å²) in [7, 11) is 0. The van der Waals surface area contributed by atoms with Crippen LogP contribution in [0.25, 0.3) is 16.7 Å². The fourth-order valence-electron chi connectivity index (χ4n) is 5.89. The number of piperidine rings is 1. The van der Waals surface area contributed by atoms with Crippen LogP contribution in [0.3, 0.4) is 0 Å². The van der Waals surface area contributed by atoms with Crippen molar-refractivity contribution in [1.29, 1.82) is 0 Å². The van der Waals surface area contributed by atoms with Gasteiger partial charge in [0.1, 0.15) is 12.4 Å². The van der Waals surface area contributed by atoms with Crippen molar-refractivity contribution in [3.63, 3.8) is 0 Å². The third kappa shape index (κ3) is 3.61. The Balaban J connectivity index is 1.22. The summed E-state index contributed by atoms with van der Waals surface area (Å²) in [4.78, 5) is 15.2. The standard InChI is InChI=1S/C29H25ClFNO2/c30-27-13-12-18(16-28(27)31)19-14-20-6-5-7-21(15-19)32(20)29(33)34-17-26-24-10-3-1-8-22(24)23-9-2-4-11-25(23)26/h1-4,8-14,16,20-21,26H,5-7,15,17H2. The second-order valence-electron chi connectivity index (χ2n) is 9.39. The molecular weight excluding hydrogens is 449 g/mol. The van der Waals surface area contributed by atoms with Crippen LogP contribution < -0.4 is 0 Å². The highest BCUT2D eigenvalue weighted by Crippen LogP contribution is 2.45. The number of ether oxygens (including phenoxy) is 1. The van der Waals surface area contributed by atoms with Gasteiger partial charge in [0.25, 0.3) is 0 Å². The molecule has 3 aliphatic rings. The van der Waals surface area contributed by atoms with E-state index in [4.69, 9.17) is 16.3 Å². The van der Waals surface area contributed by atoms with E-state index in [0.717, 1.165) is 30.4 Å². The average Bonchev–Trinajstić information content (AvgIpc) is 3.17. The van der Waals surface area contributed by atoms with Gasteiger partial charge in [-0.15, -0.1) is 0 Å². The van der Waals surface area contributed by atoms with Gasteiger partial charge in [0, 0.05) is 12.0 Å². The first kappa shape index (κ1) is 21.4. The smallest absolute Gasteiger partial charge is 0.410 e. The van der Waals surface area contributed by atoms with Gasteiger partial charge < -0.3 is 4.74 Å². The number of benzene rings is 3. The Morgan fingerprint density at radius 3 is 2.38 bits per heavy atom. The molecule has 2 aliphatic heterocycles. The topological polar surface area (TPSA) is 29.5 Å². The molecule has 1 fully saturated rings. The summed E-state index contributed by atoms with van der Waals surface area (Å²) < 4.78 is 20.0. The summed E-state index contributed by atoms with van der Waals surface area (Å²) in [6.45, 7) is 0.321. The summed E-state index contributed by atoms with van der Waals surface area (Å²) in [5.74, 6) is -0.367. The summed E-state index contributed by atoms with van der Waals surface area (Å²) in [6, 6.07) is 21.7. The molecule has 2 unspecified atom stereocenters. The van der Waals surface area contributed by atoms with E-state index in [9.17, 15) is 9.18 Å². The summed E-state index contributed by atoms with van der Waals surface area (Å²) >= 11 is 5.87. The molecule has 3 aromatic carbocycles. The van der Waals surface area contributed by atoms with Crippen LogP contribution in [0.1, 0.15) is 48.3 Å². The average molecular weight is 474 g/mol. The lowest BCUT2D eigenvalue weighted by Gasteiger charge is -2.44. The number of halogens is 2. The minimum atomic E-state index is -0.413. The van der Waals surface area contributed by atoms with Crippen LogP contribution in [0.2, 0.25) is 5.02 Å². The third-order valence-corrected chi connectivity index (χ3v) is 7.78. The predicted octanol–water partition coefficient (Wildman–Crippen LogP) is 7.44.